The Morgan fingerprint density at radius 3 is 2.53 bits per heavy atom. The van der Waals surface area contributed by atoms with E-state index in [0.717, 1.165) is 27.3 Å². The molecular weight excluding hydrogens is 280 g/mol. The van der Waals surface area contributed by atoms with Crippen LogP contribution in [0.25, 0.3) is 17.0 Å². The normalized spacial score (nSPS) is 10.9. The molecule has 4 nitrogen and oxygen atoms in total. The van der Waals surface area contributed by atoms with Crippen LogP contribution in [0, 0.1) is 0 Å². The second kappa shape index (κ2) is 3.85. The number of nitrogen functional groups attached to an aromatic ring is 1. The minimum absolute atomic E-state index is 0.738. The molecule has 0 aliphatic carbocycles. The molecule has 5 heteroatoms. The van der Waals surface area contributed by atoms with Gasteiger partial charge in [-0.05, 0) is 52.3 Å². The Hall–Kier alpha value is -1.88. The third-order valence-electron chi connectivity index (χ3n) is 2.55. The lowest BCUT2D eigenvalue weighted by Gasteiger charge is -2.02. The SMILES string of the molecule is Nc1ccc(-c2nnc3cccc(Br)n23)cc1. The van der Waals surface area contributed by atoms with E-state index in [1.54, 1.807) is 0 Å². The minimum atomic E-state index is 0.738. The first kappa shape index (κ1) is 10.3. The highest BCUT2D eigenvalue weighted by atomic mass is 79.9. The number of pyridine rings is 1. The lowest BCUT2D eigenvalue weighted by molar-refractivity contribution is 1.10. The summed E-state index contributed by atoms with van der Waals surface area (Å²) in [5.41, 5.74) is 8.20. The molecule has 2 heterocycles. The van der Waals surface area contributed by atoms with Crippen LogP contribution in [-0.4, -0.2) is 14.6 Å². The Balaban J connectivity index is 2.27. The highest BCUT2D eigenvalue weighted by Crippen LogP contribution is 2.23. The Kier molecular flexibility index (Phi) is 2.33. The molecule has 0 bridgehead atoms. The van der Waals surface area contributed by atoms with Crippen LogP contribution in [0.15, 0.2) is 47.1 Å². The van der Waals surface area contributed by atoms with Gasteiger partial charge in [0.05, 0.1) is 4.60 Å². The van der Waals surface area contributed by atoms with E-state index in [1.807, 2.05) is 46.9 Å². The lowest BCUT2D eigenvalue weighted by atomic mass is 10.2. The Bertz CT molecular complexity index is 673. The summed E-state index contributed by atoms with van der Waals surface area (Å²) in [6.45, 7) is 0. The van der Waals surface area contributed by atoms with Crippen molar-refractivity contribution in [3.05, 3.63) is 47.1 Å². The average Bonchev–Trinajstić information content (AvgIpc) is 2.75. The number of fused-ring (bicyclic) bond motifs is 1. The van der Waals surface area contributed by atoms with Crippen LogP contribution < -0.4 is 5.73 Å². The molecule has 0 aliphatic rings. The summed E-state index contributed by atoms with van der Waals surface area (Å²) in [6.07, 6.45) is 0. The van der Waals surface area contributed by atoms with E-state index < -0.39 is 0 Å². The molecule has 0 radical (unpaired) electrons. The van der Waals surface area contributed by atoms with Gasteiger partial charge in [-0.1, -0.05) is 6.07 Å². The summed E-state index contributed by atoms with van der Waals surface area (Å²) >= 11 is 3.50. The minimum Gasteiger partial charge on any atom is -0.399 e. The van der Waals surface area contributed by atoms with Crippen LogP contribution in [0.3, 0.4) is 0 Å². The van der Waals surface area contributed by atoms with E-state index in [1.165, 1.54) is 0 Å². The van der Waals surface area contributed by atoms with Crippen LogP contribution in [0.2, 0.25) is 0 Å². The van der Waals surface area contributed by atoms with Crippen molar-refractivity contribution in [3.63, 3.8) is 0 Å². The monoisotopic (exact) mass is 288 g/mol. The first-order valence-electron chi connectivity index (χ1n) is 5.11. The van der Waals surface area contributed by atoms with E-state index in [9.17, 15) is 0 Å². The summed E-state index contributed by atoms with van der Waals surface area (Å²) in [7, 11) is 0. The van der Waals surface area contributed by atoms with Gasteiger partial charge in [0.25, 0.3) is 0 Å². The molecule has 0 fully saturated rings. The molecule has 0 spiro atoms. The predicted molar refractivity (Wildman–Crippen MR) is 70.5 cm³/mol. The molecule has 3 rings (SSSR count). The number of anilines is 1. The molecule has 17 heavy (non-hydrogen) atoms. The third kappa shape index (κ3) is 1.68. The van der Waals surface area contributed by atoms with E-state index >= 15 is 0 Å². The number of nitrogens with two attached hydrogens (primary N) is 1. The number of hydrogen-bond donors (Lipinski definition) is 1. The van der Waals surface area contributed by atoms with Crippen molar-refractivity contribution < 1.29 is 0 Å². The van der Waals surface area contributed by atoms with Gasteiger partial charge in [-0.15, -0.1) is 10.2 Å². The topological polar surface area (TPSA) is 56.2 Å². The average molecular weight is 289 g/mol. The van der Waals surface area contributed by atoms with Crippen LogP contribution in [-0.2, 0) is 0 Å². The van der Waals surface area contributed by atoms with Crippen molar-refractivity contribution in [1.29, 1.82) is 0 Å². The Morgan fingerprint density at radius 1 is 1.00 bits per heavy atom. The van der Waals surface area contributed by atoms with Crippen molar-refractivity contribution >= 4 is 27.3 Å². The maximum absolute atomic E-state index is 5.67. The highest BCUT2D eigenvalue weighted by Gasteiger charge is 2.09. The van der Waals surface area contributed by atoms with Gasteiger partial charge in [-0.3, -0.25) is 4.40 Å². The molecule has 0 amide bonds. The zero-order chi connectivity index (χ0) is 11.8. The van der Waals surface area contributed by atoms with E-state index in [2.05, 4.69) is 26.1 Å². The largest absolute Gasteiger partial charge is 0.399 e. The summed E-state index contributed by atoms with van der Waals surface area (Å²) < 4.78 is 2.87. The van der Waals surface area contributed by atoms with Gasteiger partial charge in [-0.2, -0.15) is 0 Å². The molecular formula is C12H9BrN4. The number of benzene rings is 1. The number of rotatable bonds is 1. The van der Waals surface area contributed by atoms with Gasteiger partial charge in [0.2, 0.25) is 0 Å². The number of hydrogen-bond acceptors (Lipinski definition) is 3. The molecule has 2 N–H and O–H groups in total. The standard InChI is InChI=1S/C12H9BrN4/c13-10-2-1-3-11-15-16-12(17(10)11)8-4-6-9(14)7-5-8/h1-7H,14H2. The number of halogens is 1. The van der Waals surface area contributed by atoms with Gasteiger partial charge in [0, 0.05) is 11.3 Å². The molecule has 0 saturated carbocycles. The molecule has 1 aromatic carbocycles. The molecule has 3 aromatic rings. The molecule has 0 saturated heterocycles. The smallest absolute Gasteiger partial charge is 0.169 e. The fourth-order valence-corrected chi connectivity index (χ4v) is 2.22. The molecule has 84 valence electrons. The zero-order valence-corrected chi connectivity index (χ0v) is 10.4. The van der Waals surface area contributed by atoms with E-state index in [4.69, 9.17) is 5.73 Å². The van der Waals surface area contributed by atoms with Gasteiger partial charge < -0.3 is 5.73 Å². The summed E-state index contributed by atoms with van der Waals surface area (Å²) in [5, 5.41) is 8.33. The highest BCUT2D eigenvalue weighted by molar-refractivity contribution is 9.10. The molecule has 2 aromatic heterocycles. The van der Waals surface area contributed by atoms with Crippen molar-refractivity contribution in [3.8, 4) is 11.4 Å². The second-order valence-corrected chi connectivity index (χ2v) is 4.50. The maximum Gasteiger partial charge on any atom is 0.169 e. The van der Waals surface area contributed by atoms with Gasteiger partial charge >= 0.3 is 0 Å². The molecule has 0 aliphatic heterocycles. The first-order valence-corrected chi connectivity index (χ1v) is 5.90. The van der Waals surface area contributed by atoms with Crippen molar-refractivity contribution in [2.75, 3.05) is 5.73 Å². The van der Waals surface area contributed by atoms with Gasteiger partial charge in [0.15, 0.2) is 11.5 Å². The van der Waals surface area contributed by atoms with Crippen LogP contribution in [0.4, 0.5) is 5.69 Å². The third-order valence-corrected chi connectivity index (χ3v) is 3.17. The molecule has 0 atom stereocenters. The maximum atomic E-state index is 5.67. The first-order chi connectivity index (χ1) is 8.25. The van der Waals surface area contributed by atoms with E-state index in [0.29, 0.717) is 0 Å². The fourth-order valence-electron chi connectivity index (χ4n) is 1.72. The number of nitrogens with zero attached hydrogens (tertiary/aromatic N) is 3. The zero-order valence-electron chi connectivity index (χ0n) is 8.84. The quantitative estimate of drug-likeness (QED) is 0.553. The van der Waals surface area contributed by atoms with Crippen LogP contribution >= 0.6 is 15.9 Å². The fraction of sp³-hybridized carbons (Fsp3) is 0. The number of aromatic nitrogens is 3. The van der Waals surface area contributed by atoms with Crippen molar-refractivity contribution in [2.45, 2.75) is 0 Å². The summed E-state index contributed by atoms with van der Waals surface area (Å²) in [6, 6.07) is 13.4. The van der Waals surface area contributed by atoms with Gasteiger partial charge in [-0.25, -0.2) is 0 Å². The second-order valence-electron chi connectivity index (χ2n) is 3.69. The Labute approximate surface area is 106 Å². The van der Waals surface area contributed by atoms with Crippen LogP contribution in [0.5, 0.6) is 0 Å². The lowest BCUT2D eigenvalue weighted by Crippen LogP contribution is -1.91. The predicted octanol–water partition coefficient (Wildman–Crippen LogP) is 2.74. The van der Waals surface area contributed by atoms with Gasteiger partial charge in [0.1, 0.15) is 0 Å². The molecule has 0 unspecified atom stereocenters. The van der Waals surface area contributed by atoms with E-state index in [-0.39, 0.29) is 0 Å². The summed E-state index contributed by atoms with van der Waals surface area (Å²) in [5.74, 6) is 0.799. The van der Waals surface area contributed by atoms with Crippen molar-refractivity contribution in [1.82, 2.24) is 14.6 Å². The van der Waals surface area contributed by atoms with Crippen molar-refractivity contribution in [2.24, 2.45) is 0 Å². The Morgan fingerprint density at radius 2 is 1.76 bits per heavy atom. The van der Waals surface area contributed by atoms with Crippen LogP contribution in [0.1, 0.15) is 0 Å². The summed E-state index contributed by atoms with van der Waals surface area (Å²) in [4.78, 5) is 0.